The summed E-state index contributed by atoms with van der Waals surface area (Å²) in [6, 6.07) is 12.8. The van der Waals surface area contributed by atoms with E-state index < -0.39 is 22.6 Å². The number of aliphatic hydroxyl groups excluding tert-OH is 1. The smallest absolute Gasteiger partial charge is 0.251 e. The van der Waals surface area contributed by atoms with Gasteiger partial charge in [-0.3, -0.25) is 14.4 Å². The first-order chi connectivity index (χ1) is 21.8. The van der Waals surface area contributed by atoms with Crippen LogP contribution in [0.1, 0.15) is 43.7 Å². The number of amides is 3. The summed E-state index contributed by atoms with van der Waals surface area (Å²) in [5.74, 6) is -0.804. The highest BCUT2D eigenvalue weighted by atomic mass is 32.2. The molecule has 5 atom stereocenters. The van der Waals surface area contributed by atoms with Gasteiger partial charge in [-0.05, 0) is 69.0 Å². The average molecular weight is 630 g/mol. The zero-order valence-electron chi connectivity index (χ0n) is 26.4. The number of carbonyl (C=O) groups excluding carboxylic acids is 3. The van der Waals surface area contributed by atoms with Gasteiger partial charge < -0.3 is 24.5 Å². The predicted molar refractivity (Wildman–Crippen MR) is 179 cm³/mol. The Hall–Kier alpha value is -3.56. The van der Waals surface area contributed by atoms with E-state index in [0.29, 0.717) is 32.7 Å². The van der Waals surface area contributed by atoms with Crippen molar-refractivity contribution in [3.63, 3.8) is 0 Å². The normalized spacial score (nSPS) is 27.4. The van der Waals surface area contributed by atoms with Gasteiger partial charge >= 0.3 is 0 Å². The fourth-order valence-corrected chi connectivity index (χ4v) is 9.68. The molecule has 6 rings (SSSR count). The van der Waals surface area contributed by atoms with Crippen LogP contribution in [0.25, 0.3) is 0 Å². The summed E-state index contributed by atoms with van der Waals surface area (Å²) in [6.07, 6.45) is 11.4. The summed E-state index contributed by atoms with van der Waals surface area (Å²) in [6.45, 7) is 7.94. The molecule has 8 nitrogen and oxygen atoms in total. The number of unbranched alkanes of at least 4 members (excludes halogenated alkanes) is 3. The molecule has 2 saturated heterocycles. The van der Waals surface area contributed by atoms with Crippen molar-refractivity contribution in [3.8, 4) is 5.75 Å². The lowest BCUT2D eigenvalue weighted by Gasteiger charge is -2.36. The lowest BCUT2D eigenvalue weighted by atomic mass is 9.78. The van der Waals surface area contributed by atoms with E-state index in [1.165, 1.54) is 0 Å². The molecule has 1 unspecified atom stereocenters. The van der Waals surface area contributed by atoms with E-state index in [4.69, 9.17) is 4.74 Å². The summed E-state index contributed by atoms with van der Waals surface area (Å²) in [4.78, 5) is 49.3. The molecule has 238 valence electrons. The minimum absolute atomic E-state index is 0.0860. The fourth-order valence-electron chi connectivity index (χ4n) is 7.68. The Labute approximate surface area is 270 Å². The van der Waals surface area contributed by atoms with Gasteiger partial charge in [0.15, 0.2) is 0 Å². The molecule has 9 heteroatoms. The van der Waals surface area contributed by atoms with Crippen molar-refractivity contribution in [3.05, 3.63) is 77.9 Å². The Kier molecular flexibility index (Phi) is 9.11. The van der Waals surface area contributed by atoms with Crippen molar-refractivity contribution >= 4 is 40.9 Å². The van der Waals surface area contributed by atoms with E-state index in [1.807, 2.05) is 80.3 Å². The van der Waals surface area contributed by atoms with E-state index >= 15 is 0 Å². The number of likely N-dealkylation sites (tertiary alicyclic amines) is 1. The van der Waals surface area contributed by atoms with Gasteiger partial charge in [-0.25, -0.2) is 0 Å². The number of ether oxygens (including phenoxy) is 1. The van der Waals surface area contributed by atoms with Crippen LogP contribution in [0.2, 0.25) is 0 Å². The van der Waals surface area contributed by atoms with Crippen molar-refractivity contribution in [2.24, 2.45) is 11.8 Å². The number of hydrogen-bond donors (Lipinski definition) is 1. The van der Waals surface area contributed by atoms with Gasteiger partial charge in [0, 0.05) is 42.9 Å². The van der Waals surface area contributed by atoms with Crippen molar-refractivity contribution in [2.75, 3.05) is 42.6 Å². The minimum Gasteiger partial charge on any atom is -0.494 e. The van der Waals surface area contributed by atoms with Crippen molar-refractivity contribution in [1.82, 2.24) is 4.90 Å². The molecule has 4 aliphatic heterocycles. The van der Waals surface area contributed by atoms with Gasteiger partial charge in [-0.1, -0.05) is 55.3 Å². The van der Waals surface area contributed by atoms with Crippen molar-refractivity contribution in [1.29, 1.82) is 0 Å². The lowest BCUT2D eigenvalue weighted by Crippen LogP contribution is -2.53. The van der Waals surface area contributed by atoms with Crippen LogP contribution in [0, 0.1) is 25.7 Å². The third-order valence-electron chi connectivity index (χ3n) is 9.63. The Morgan fingerprint density at radius 3 is 2.31 bits per heavy atom. The van der Waals surface area contributed by atoms with Crippen molar-refractivity contribution < 1.29 is 24.2 Å². The van der Waals surface area contributed by atoms with Crippen LogP contribution in [-0.4, -0.2) is 76.6 Å². The van der Waals surface area contributed by atoms with Gasteiger partial charge in [0.2, 0.25) is 11.8 Å². The number of carbonyl (C=O) groups is 3. The highest BCUT2D eigenvalue weighted by molar-refractivity contribution is 8.02. The number of thioether (sulfide) groups is 1. The molecule has 0 aromatic heterocycles. The number of hydrogen-bond acceptors (Lipinski definition) is 6. The molecule has 2 aromatic carbocycles. The van der Waals surface area contributed by atoms with E-state index in [0.717, 1.165) is 47.5 Å². The van der Waals surface area contributed by atoms with Crippen LogP contribution in [0.5, 0.6) is 5.75 Å². The third kappa shape index (κ3) is 5.48. The van der Waals surface area contributed by atoms with Crippen molar-refractivity contribution in [2.45, 2.75) is 62.5 Å². The average Bonchev–Trinajstić information content (AvgIpc) is 3.33. The summed E-state index contributed by atoms with van der Waals surface area (Å²) >= 11 is 1.61. The second-order valence-corrected chi connectivity index (χ2v) is 13.9. The topological polar surface area (TPSA) is 90.4 Å². The molecule has 1 spiro atoms. The van der Waals surface area contributed by atoms with E-state index in [2.05, 4.69) is 12.2 Å². The maximum Gasteiger partial charge on any atom is 0.251 e. The van der Waals surface area contributed by atoms with E-state index in [-0.39, 0.29) is 29.6 Å². The largest absolute Gasteiger partial charge is 0.494 e. The molecule has 45 heavy (non-hydrogen) atoms. The molecule has 0 aliphatic carbocycles. The van der Waals surface area contributed by atoms with Crippen LogP contribution >= 0.6 is 11.8 Å². The first-order valence-electron chi connectivity index (χ1n) is 16.2. The molecule has 0 radical (unpaired) electrons. The number of aryl methyl sites for hydroxylation is 2. The molecule has 2 fully saturated rings. The lowest BCUT2D eigenvalue weighted by molar-refractivity contribution is -0.138. The summed E-state index contributed by atoms with van der Waals surface area (Å²) < 4.78 is 4.75. The predicted octanol–water partition coefficient (Wildman–Crippen LogP) is 5.06. The van der Waals surface area contributed by atoms with Gasteiger partial charge in [0.25, 0.3) is 5.91 Å². The number of benzene rings is 2. The second kappa shape index (κ2) is 13.0. The maximum atomic E-state index is 14.8. The molecule has 4 heterocycles. The van der Waals surface area contributed by atoms with Crippen LogP contribution in [0.4, 0.5) is 11.4 Å². The summed E-state index contributed by atoms with van der Waals surface area (Å²) in [5, 5.41) is 9.03. The zero-order valence-corrected chi connectivity index (χ0v) is 27.2. The monoisotopic (exact) mass is 629 g/mol. The SMILES string of the molecule is CCOc1ccc(N2CC=C[C@H]3S[C@]45C=CCN(c6c(C)cccc6C)C(=O)C4N(CCCCCCO)C(=O)[C@@H]5[C@H]3C2=O)cc1. The molecule has 1 N–H and O–H groups in total. The quantitative estimate of drug-likeness (QED) is 0.292. The van der Waals surface area contributed by atoms with Gasteiger partial charge in [-0.15, -0.1) is 11.8 Å². The Balaban J connectivity index is 1.38. The molecule has 0 bridgehead atoms. The molecular weight excluding hydrogens is 586 g/mol. The highest BCUT2D eigenvalue weighted by Gasteiger charge is 2.71. The van der Waals surface area contributed by atoms with E-state index in [9.17, 15) is 19.5 Å². The number of aliphatic hydroxyl groups is 1. The standard InChI is InChI=1S/C36H43N3O5S/c1-4-44-27-17-15-26(16-18-27)37-21-10-14-28-29(33(37)41)30-34(42)39(20-7-5-6-8-23-40)32-35(43)38(22-11-19-36(30,32)45-28)31-24(2)12-9-13-25(31)3/h9-19,28-30,32,40H,4-8,20-23H2,1-3H3/t28-,29+,30+,32?,36+/m1/s1. The number of fused-ring (bicyclic) bond motifs is 2. The van der Waals surface area contributed by atoms with Crippen LogP contribution < -0.4 is 14.5 Å². The highest BCUT2D eigenvalue weighted by Crippen LogP contribution is 2.61. The Morgan fingerprint density at radius 2 is 1.60 bits per heavy atom. The van der Waals surface area contributed by atoms with E-state index in [1.54, 1.807) is 21.6 Å². The number of rotatable bonds is 10. The molecule has 3 amide bonds. The first-order valence-corrected chi connectivity index (χ1v) is 17.1. The molecular formula is C36H43N3O5S. The molecule has 2 aromatic rings. The second-order valence-electron chi connectivity index (χ2n) is 12.4. The zero-order chi connectivity index (χ0) is 31.7. The van der Waals surface area contributed by atoms with Crippen LogP contribution in [-0.2, 0) is 14.4 Å². The minimum atomic E-state index is -0.859. The van der Waals surface area contributed by atoms with Crippen LogP contribution in [0.3, 0.4) is 0 Å². The molecule has 4 aliphatic rings. The Bertz CT molecular complexity index is 1490. The number of para-hydroxylation sites is 1. The number of anilines is 2. The Morgan fingerprint density at radius 1 is 0.889 bits per heavy atom. The maximum absolute atomic E-state index is 14.8. The fraction of sp³-hybridized carbons (Fsp3) is 0.472. The summed E-state index contributed by atoms with van der Waals surface area (Å²) in [5.41, 5.74) is 3.67. The van der Waals surface area contributed by atoms with Gasteiger partial charge in [0.05, 0.1) is 23.2 Å². The van der Waals surface area contributed by atoms with Gasteiger partial charge in [-0.2, -0.15) is 0 Å². The molecule has 0 saturated carbocycles. The number of nitrogens with zero attached hydrogens (tertiary/aromatic N) is 3. The first kappa shape index (κ1) is 31.4. The third-order valence-corrected chi connectivity index (χ3v) is 11.4. The van der Waals surface area contributed by atoms with Crippen LogP contribution in [0.15, 0.2) is 66.8 Å². The summed E-state index contributed by atoms with van der Waals surface area (Å²) in [7, 11) is 0. The van der Waals surface area contributed by atoms with Gasteiger partial charge in [0.1, 0.15) is 11.8 Å².